The molecule has 0 radical (unpaired) electrons. The maximum atomic E-state index is 13.2. The number of aryl methyl sites for hydroxylation is 2. The summed E-state index contributed by atoms with van der Waals surface area (Å²) >= 11 is 0. The molecule has 25 heavy (non-hydrogen) atoms. The number of rotatable bonds is 6. The van der Waals surface area contributed by atoms with Gasteiger partial charge in [0.25, 0.3) is 0 Å². The maximum Gasteiger partial charge on any atom is 0.228 e. The van der Waals surface area contributed by atoms with Crippen molar-refractivity contribution >= 4 is 11.7 Å². The van der Waals surface area contributed by atoms with Crippen molar-refractivity contribution in [2.75, 3.05) is 4.90 Å². The van der Waals surface area contributed by atoms with E-state index in [1.54, 1.807) is 6.20 Å². The first-order valence-electron chi connectivity index (χ1n) is 9.51. The first-order valence-corrected chi connectivity index (χ1v) is 9.51. The van der Waals surface area contributed by atoms with Crippen LogP contribution in [-0.4, -0.2) is 22.1 Å². The van der Waals surface area contributed by atoms with Crippen molar-refractivity contribution in [1.82, 2.24) is 10.2 Å². The molecule has 1 heterocycles. The standard InChI is InChI=1S/C21H27N3O/c1-3-21-14-17(21)9-10-18(21)24(19-12-13-22-23-19)20(25)11-8-16-6-4-15(2)5-7-16/h4-7,12-13,17-18H,3,8-11,14H2,1-2H3,(H,22,23). The first-order chi connectivity index (χ1) is 12.1. The summed E-state index contributed by atoms with van der Waals surface area (Å²) in [5.74, 6) is 1.90. The van der Waals surface area contributed by atoms with Crippen molar-refractivity contribution in [3.63, 3.8) is 0 Å². The fourth-order valence-corrected chi connectivity index (χ4v) is 4.88. The van der Waals surface area contributed by atoms with Crippen LogP contribution in [-0.2, 0) is 11.2 Å². The molecule has 3 atom stereocenters. The van der Waals surface area contributed by atoms with Gasteiger partial charge >= 0.3 is 0 Å². The quantitative estimate of drug-likeness (QED) is 0.856. The van der Waals surface area contributed by atoms with E-state index < -0.39 is 0 Å². The average Bonchev–Trinajstić information content (AvgIpc) is 2.96. The molecule has 0 aliphatic heterocycles. The molecule has 2 fully saturated rings. The normalized spacial score (nSPS) is 27.1. The van der Waals surface area contributed by atoms with Crippen LogP contribution in [0.3, 0.4) is 0 Å². The number of aromatic amines is 1. The number of H-pyrrole nitrogens is 1. The second kappa shape index (κ2) is 6.32. The number of hydrogen-bond donors (Lipinski definition) is 1. The van der Waals surface area contributed by atoms with Crippen LogP contribution >= 0.6 is 0 Å². The number of benzene rings is 1. The molecule has 132 valence electrons. The smallest absolute Gasteiger partial charge is 0.228 e. The Hall–Kier alpha value is -2.10. The molecule has 1 aromatic heterocycles. The van der Waals surface area contributed by atoms with Gasteiger partial charge in [-0.2, -0.15) is 5.10 Å². The monoisotopic (exact) mass is 337 g/mol. The Bertz CT molecular complexity index is 733. The van der Waals surface area contributed by atoms with E-state index in [9.17, 15) is 4.79 Å². The number of hydrogen-bond acceptors (Lipinski definition) is 2. The molecule has 1 aromatic carbocycles. The molecule has 3 unspecified atom stereocenters. The lowest BCUT2D eigenvalue weighted by Gasteiger charge is -2.34. The molecule has 0 bridgehead atoms. The van der Waals surface area contributed by atoms with Gasteiger partial charge in [-0.3, -0.25) is 14.8 Å². The number of fused-ring (bicyclic) bond motifs is 1. The highest BCUT2D eigenvalue weighted by Crippen LogP contribution is 2.67. The Morgan fingerprint density at radius 2 is 2.08 bits per heavy atom. The number of aromatic nitrogens is 2. The van der Waals surface area contributed by atoms with Crippen molar-refractivity contribution in [3.8, 4) is 0 Å². The molecule has 0 saturated heterocycles. The van der Waals surface area contributed by atoms with Gasteiger partial charge in [-0.25, -0.2) is 0 Å². The van der Waals surface area contributed by atoms with E-state index in [2.05, 4.69) is 48.3 Å². The number of carbonyl (C=O) groups is 1. The summed E-state index contributed by atoms with van der Waals surface area (Å²) in [7, 11) is 0. The van der Waals surface area contributed by atoms with Crippen molar-refractivity contribution in [2.45, 2.75) is 58.4 Å². The van der Waals surface area contributed by atoms with E-state index >= 15 is 0 Å². The van der Waals surface area contributed by atoms with Gasteiger partial charge in [0.05, 0.1) is 6.20 Å². The van der Waals surface area contributed by atoms with Crippen molar-refractivity contribution < 1.29 is 4.79 Å². The third-order valence-electron chi connectivity index (χ3n) is 6.46. The number of amides is 1. The van der Waals surface area contributed by atoms with E-state index in [1.807, 2.05) is 11.0 Å². The number of anilines is 1. The summed E-state index contributed by atoms with van der Waals surface area (Å²) in [6, 6.07) is 10.7. The van der Waals surface area contributed by atoms with Crippen LogP contribution in [0.15, 0.2) is 36.5 Å². The van der Waals surface area contributed by atoms with Crippen LogP contribution in [0.5, 0.6) is 0 Å². The van der Waals surface area contributed by atoms with Gasteiger partial charge in [-0.05, 0) is 55.9 Å². The second-order valence-corrected chi connectivity index (χ2v) is 7.77. The second-order valence-electron chi connectivity index (χ2n) is 7.77. The lowest BCUT2D eigenvalue weighted by Crippen LogP contribution is -2.45. The molecule has 2 aromatic rings. The van der Waals surface area contributed by atoms with Gasteiger partial charge in [0.2, 0.25) is 5.91 Å². The number of nitrogens with one attached hydrogen (secondary N) is 1. The molecule has 4 rings (SSSR count). The number of nitrogens with zero attached hydrogens (tertiary/aromatic N) is 2. The highest BCUT2D eigenvalue weighted by atomic mass is 16.2. The predicted octanol–water partition coefficient (Wildman–Crippen LogP) is 4.26. The zero-order valence-electron chi connectivity index (χ0n) is 15.2. The zero-order valence-corrected chi connectivity index (χ0v) is 15.2. The van der Waals surface area contributed by atoms with Crippen molar-refractivity contribution in [3.05, 3.63) is 47.7 Å². The topological polar surface area (TPSA) is 49.0 Å². The van der Waals surface area contributed by atoms with Crippen LogP contribution < -0.4 is 4.90 Å². The molecule has 1 amide bonds. The van der Waals surface area contributed by atoms with E-state index in [0.29, 0.717) is 17.9 Å². The largest absolute Gasteiger partial charge is 0.294 e. The van der Waals surface area contributed by atoms with E-state index in [4.69, 9.17) is 0 Å². The average molecular weight is 337 g/mol. The Morgan fingerprint density at radius 1 is 1.28 bits per heavy atom. The summed E-state index contributed by atoms with van der Waals surface area (Å²) in [5.41, 5.74) is 2.83. The molecule has 2 saturated carbocycles. The minimum atomic E-state index is 0.218. The first kappa shape index (κ1) is 16.4. The Balaban J connectivity index is 1.52. The zero-order chi connectivity index (χ0) is 17.4. The van der Waals surface area contributed by atoms with Crippen LogP contribution in [0.1, 0.15) is 50.2 Å². The van der Waals surface area contributed by atoms with Crippen molar-refractivity contribution in [2.24, 2.45) is 11.3 Å². The van der Waals surface area contributed by atoms with E-state index in [0.717, 1.165) is 31.0 Å². The molecule has 0 spiro atoms. The highest BCUT2D eigenvalue weighted by molar-refractivity contribution is 5.93. The summed E-state index contributed by atoms with van der Waals surface area (Å²) in [4.78, 5) is 15.2. The third kappa shape index (κ3) is 2.88. The third-order valence-corrected chi connectivity index (χ3v) is 6.46. The fourth-order valence-electron chi connectivity index (χ4n) is 4.88. The molecule has 2 aliphatic rings. The van der Waals surface area contributed by atoms with Crippen LogP contribution in [0.4, 0.5) is 5.82 Å². The van der Waals surface area contributed by atoms with Crippen LogP contribution in [0.2, 0.25) is 0 Å². The molecular formula is C21H27N3O. The molecular weight excluding hydrogens is 310 g/mol. The van der Waals surface area contributed by atoms with Gasteiger partial charge < -0.3 is 0 Å². The fraction of sp³-hybridized carbons (Fsp3) is 0.524. The lowest BCUT2D eigenvalue weighted by molar-refractivity contribution is -0.119. The van der Waals surface area contributed by atoms with Gasteiger partial charge in [0, 0.05) is 18.5 Å². The minimum absolute atomic E-state index is 0.218. The van der Waals surface area contributed by atoms with Gasteiger partial charge in [-0.15, -0.1) is 0 Å². The van der Waals surface area contributed by atoms with Crippen molar-refractivity contribution in [1.29, 1.82) is 0 Å². The maximum absolute atomic E-state index is 13.2. The Labute approximate surface area is 149 Å². The summed E-state index contributed by atoms with van der Waals surface area (Å²) < 4.78 is 0. The summed E-state index contributed by atoms with van der Waals surface area (Å²) in [6.45, 7) is 4.37. The van der Waals surface area contributed by atoms with Crippen LogP contribution in [0, 0.1) is 18.3 Å². The van der Waals surface area contributed by atoms with Gasteiger partial charge in [-0.1, -0.05) is 36.8 Å². The predicted molar refractivity (Wildman–Crippen MR) is 99.4 cm³/mol. The Morgan fingerprint density at radius 3 is 2.72 bits per heavy atom. The molecule has 2 aliphatic carbocycles. The lowest BCUT2D eigenvalue weighted by atomic mass is 9.92. The summed E-state index contributed by atoms with van der Waals surface area (Å²) in [6.07, 6.45) is 7.90. The molecule has 4 heteroatoms. The number of carbonyl (C=O) groups excluding carboxylic acids is 1. The molecule has 1 N–H and O–H groups in total. The van der Waals surface area contributed by atoms with E-state index in [1.165, 1.54) is 24.0 Å². The van der Waals surface area contributed by atoms with E-state index in [-0.39, 0.29) is 5.91 Å². The van der Waals surface area contributed by atoms with Gasteiger partial charge in [0.1, 0.15) is 5.82 Å². The van der Waals surface area contributed by atoms with Gasteiger partial charge in [0.15, 0.2) is 0 Å². The SMILES string of the molecule is CCC12CC1CCC2N(C(=O)CCc1ccc(C)cc1)c1ccn[nH]1. The summed E-state index contributed by atoms with van der Waals surface area (Å²) in [5, 5.41) is 7.13. The highest BCUT2D eigenvalue weighted by Gasteiger charge is 2.63. The minimum Gasteiger partial charge on any atom is -0.294 e. The Kier molecular flexibility index (Phi) is 4.14. The van der Waals surface area contributed by atoms with Crippen LogP contribution in [0.25, 0.3) is 0 Å². The molecule has 4 nitrogen and oxygen atoms in total.